The van der Waals surface area contributed by atoms with Crippen molar-refractivity contribution in [3.63, 3.8) is 0 Å². The van der Waals surface area contributed by atoms with Crippen molar-refractivity contribution in [3.05, 3.63) is 5.82 Å². The van der Waals surface area contributed by atoms with Crippen molar-refractivity contribution in [2.24, 2.45) is 17.8 Å². The fourth-order valence-electron chi connectivity index (χ4n) is 3.12. The van der Waals surface area contributed by atoms with E-state index in [1.807, 2.05) is 0 Å². The first-order valence-corrected chi connectivity index (χ1v) is 8.01. The van der Waals surface area contributed by atoms with Crippen molar-refractivity contribution in [1.29, 1.82) is 0 Å². The van der Waals surface area contributed by atoms with Gasteiger partial charge in [-0.05, 0) is 48.1 Å². The highest BCUT2D eigenvalue weighted by Crippen LogP contribution is 2.37. The van der Waals surface area contributed by atoms with E-state index < -0.39 is 0 Å². The Hall–Kier alpha value is -0.970. The predicted octanol–water partition coefficient (Wildman–Crippen LogP) is 2.98. The Morgan fingerprint density at radius 3 is 2.70 bits per heavy atom. The minimum atomic E-state index is 0.205. The van der Waals surface area contributed by atoms with E-state index in [9.17, 15) is 0 Å². The first-order valence-electron chi connectivity index (χ1n) is 8.01. The van der Waals surface area contributed by atoms with E-state index in [-0.39, 0.29) is 6.04 Å². The Bertz CT molecular complexity index is 414. The molecule has 1 heterocycles. The topological polar surface area (TPSA) is 55.6 Å². The predicted molar refractivity (Wildman–Crippen MR) is 80.3 cm³/mol. The van der Waals surface area contributed by atoms with Gasteiger partial charge in [0.15, 0.2) is 5.82 Å². The quantitative estimate of drug-likeness (QED) is 0.900. The molecule has 0 radical (unpaired) electrons. The summed E-state index contributed by atoms with van der Waals surface area (Å²) in [5, 5.41) is 16.0. The second-order valence-corrected chi connectivity index (χ2v) is 6.84. The molecule has 0 bridgehead atoms. The zero-order valence-corrected chi connectivity index (χ0v) is 13.5. The summed E-state index contributed by atoms with van der Waals surface area (Å²) in [6.07, 6.45) is 3.81. The van der Waals surface area contributed by atoms with Gasteiger partial charge in [0.25, 0.3) is 0 Å². The summed E-state index contributed by atoms with van der Waals surface area (Å²) in [5.41, 5.74) is 0. The SMILES string of the molecule is CC(C)CNC(C)c1nnnn1C1CCCC(C)C1C. The monoisotopic (exact) mass is 279 g/mol. The van der Waals surface area contributed by atoms with E-state index in [0.29, 0.717) is 17.9 Å². The van der Waals surface area contributed by atoms with Crippen LogP contribution >= 0.6 is 0 Å². The number of nitrogens with one attached hydrogen (secondary N) is 1. The molecule has 5 nitrogen and oxygen atoms in total. The van der Waals surface area contributed by atoms with Crippen LogP contribution in [0.3, 0.4) is 0 Å². The molecule has 0 aliphatic heterocycles. The average Bonchev–Trinajstić information content (AvgIpc) is 2.88. The zero-order valence-electron chi connectivity index (χ0n) is 13.5. The maximum atomic E-state index is 4.29. The van der Waals surface area contributed by atoms with Crippen molar-refractivity contribution in [2.75, 3.05) is 6.54 Å². The summed E-state index contributed by atoms with van der Waals surface area (Å²) < 4.78 is 2.08. The van der Waals surface area contributed by atoms with Gasteiger partial charge in [-0.1, -0.05) is 40.5 Å². The van der Waals surface area contributed by atoms with Crippen LogP contribution in [0.4, 0.5) is 0 Å². The van der Waals surface area contributed by atoms with Gasteiger partial charge in [-0.3, -0.25) is 0 Å². The summed E-state index contributed by atoms with van der Waals surface area (Å²) in [4.78, 5) is 0. The number of aromatic nitrogens is 4. The number of tetrazole rings is 1. The maximum absolute atomic E-state index is 4.29. The second-order valence-electron chi connectivity index (χ2n) is 6.84. The van der Waals surface area contributed by atoms with Gasteiger partial charge in [0.1, 0.15) is 0 Å². The lowest BCUT2D eigenvalue weighted by Gasteiger charge is -2.34. The first-order chi connectivity index (χ1) is 9.50. The van der Waals surface area contributed by atoms with E-state index >= 15 is 0 Å². The molecule has 1 aliphatic carbocycles. The Kier molecular flexibility index (Phi) is 5.13. The smallest absolute Gasteiger partial charge is 0.168 e. The Labute approximate surface area is 122 Å². The van der Waals surface area contributed by atoms with Gasteiger partial charge >= 0.3 is 0 Å². The van der Waals surface area contributed by atoms with E-state index in [1.54, 1.807) is 0 Å². The summed E-state index contributed by atoms with van der Waals surface area (Å²) >= 11 is 0. The van der Waals surface area contributed by atoms with E-state index in [2.05, 4.69) is 60.1 Å². The van der Waals surface area contributed by atoms with Crippen LogP contribution in [0.5, 0.6) is 0 Å². The third kappa shape index (κ3) is 3.37. The minimum Gasteiger partial charge on any atom is -0.307 e. The number of hydrogen-bond acceptors (Lipinski definition) is 4. The van der Waals surface area contributed by atoms with Crippen molar-refractivity contribution in [3.8, 4) is 0 Å². The Morgan fingerprint density at radius 1 is 1.25 bits per heavy atom. The van der Waals surface area contributed by atoms with Crippen LogP contribution in [0, 0.1) is 17.8 Å². The lowest BCUT2D eigenvalue weighted by molar-refractivity contribution is 0.167. The first kappa shape index (κ1) is 15.4. The second kappa shape index (κ2) is 6.66. The summed E-state index contributed by atoms with van der Waals surface area (Å²) in [6.45, 7) is 12.3. The van der Waals surface area contributed by atoms with E-state index in [0.717, 1.165) is 18.3 Å². The minimum absolute atomic E-state index is 0.205. The molecule has 2 rings (SSSR count). The molecule has 0 amide bonds. The van der Waals surface area contributed by atoms with Crippen LogP contribution in [0.25, 0.3) is 0 Å². The molecule has 1 fully saturated rings. The lowest BCUT2D eigenvalue weighted by atomic mass is 9.78. The summed E-state index contributed by atoms with van der Waals surface area (Å²) in [6, 6.07) is 0.656. The van der Waals surface area contributed by atoms with E-state index in [1.165, 1.54) is 19.3 Å². The Balaban J connectivity index is 2.11. The van der Waals surface area contributed by atoms with Gasteiger partial charge in [0.05, 0.1) is 12.1 Å². The number of hydrogen-bond donors (Lipinski definition) is 1. The molecule has 1 N–H and O–H groups in total. The number of nitrogens with zero attached hydrogens (tertiary/aromatic N) is 4. The van der Waals surface area contributed by atoms with Crippen LogP contribution in [0.15, 0.2) is 0 Å². The molecule has 0 spiro atoms. The highest BCUT2D eigenvalue weighted by Gasteiger charge is 2.31. The van der Waals surface area contributed by atoms with Crippen LogP contribution < -0.4 is 5.32 Å². The third-order valence-electron chi connectivity index (χ3n) is 4.72. The molecule has 0 saturated heterocycles. The van der Waals surface area contributed by atoms with Crippen LogP contribution in [0.2, 0.25) is 0 Å². The molecule has 20 heavy (non-hydrogen) atoms. The fraction of sp³-hybridized carbons (Fsp3) is 0.933. The average molecular weight is 279 g/mol. The van der Waals surface area contributed by atoms with Crippen LogP contribution in [-0.2, 0) is 0 Å². The highest BCUT2D eigenvalue weighted by molar-refractivity contribution is 4.94. The van der Waals surface area contributed by atoms with Gasteiger partial charge in [-0.25, -0.2) is 4.68 Å². The summed E-state index contributed by atoms with van der Waals surface area (Å²) in [7, 11) is 0. The van der Waals surface area contributed by atoms with Crippen LogP contribution in [0.1, 0.15) is 71.8 Å². The molecule has 4 atom stereocenters. The summed E-state index contributed by atoms with van der Waals surface area (Å²) in [5.74, 6) is 3.01. The normalized spacial score (nSPS) is 28.8. The molecule has 0 aromatic carbocycles. The van der Waals surface area contributed by atoms with Gasteiger partial charge < -0.3 is 5.32 Å². The van der Waals surface area contributed by atoms with Crippen molar-refractivity contribution >= 4 is 0 Å². The van der Waals surface area contributed by atoms with Crippen molar-refractivity contribution in [2.45, 2.75) is 66.0 Å². The van der Waals surface area contributed by atoms with Gasteiger partial charge in [-0.15, -0.1) is 5.10 Å². The molecular weight excluding hydrogens is 250 g/mol. The molecule has 1 aromatic heterocycles. The molecule has 4 unspecified atom stereocenters. The molecule has 1 aromatic rings. The standard InChI is InChI=1S/C15H29N5/c1-10(2)9-16-13(5)15-17-18-19-20(15)14-8-6-7-11(3)12(14)4/h10-14,16H,6-9H2,1-5H3. The van der Waals surface area contributed by atoms with Gasteiger partial charge in [0, 0.05) is 0 Å². The van der Waals surface area contributed by atoms with Crippen molar-refractivity contribution < 1.29 is 0 Å². The molecule has 5 heteroatoms. The molecule has 1 saturated carbocycles. The molecule has 1 aliphatic rings. The molecular formula is C15H29N5. The number of rotatable bonds is 5. The fourth-order valence-corrected chi connectivity index (χ4v) is 3.12. The van der Waals surface area contributed by atoms with E-state index in [4.69, 9.17) is 0 Å². The maximum Gasteiger partial charge on any atom is 0.168 e. The Morgan fingerprint density at radius 2 is 2.00 bits per heavy atom. The largest absolute Gasteiger partial charge is 0.307 e. The molecule has 114 valence electrons. The van der Waals surface area contributed by atoms with Gasteiger partial charge in [-0.2, -0.15) is 0 Å². The third-order valence-corrected chi connectivity index (χ3v) is 4.72. The van der Waals surface area contributed by atoms with Crippen molar-refractivity contribution in [1.82, 2.24) is 25.5 Å². The van der Waals surface area contributed by atoms with Crippen LogP contribution in [-0.4, -0.2) is 26.8 Å². The zero-order chi connectivity index (χ0) is 14.7. The lowest BCUT2D eigenvalue weighted by Crippen LogP contribution is -2.32. The highest BCUT2D eigenvalue weighted by atomic mass is 15.6. The van der Waals surface area contributed by atoms with Gasteiger partial charge in [0.2, 0.25) is 0 Å².